The molecule has 4 rings (SSSR count). The number of thioether (sulfide) groups is 1. The van der Waals surface area contributed by atoms with Crippen molar-refractivity contribution in [2.45, 2.75) is 68.9 Å². The molecule has 1 saturated carbocycles. The lowest BCUT2D eigenvalue weighted by atomic mass is 10.2. The zero-order valence-electron chi connectivity index (χ0n) is 18.0. The van der Waals surface area contributed by atoms with Crippen LogP contribution >= 0.6 is 23.4 Å². The molecule has 2 aromatic heterocycles. The highest BCUT2D eigenvalue weighted by Crippen LogP contribution is 2.39. The molecule has 0 radical (unpaired) electrons. The van der Waals surface area contributed by atoms with Crippen LogP contribution in [0.1, 0.15) is 58.5 Å². The van der Waals surface area contributed by atoms with Crippen molar-refractivity contribution in [1.82, 2.24) is 24.5 Å². The van der Waals surface area contributed by atoms with E-state index in [1.807, 2.05) is 51.1 Å². The van der Waals surface area contributed by atoms with Crippen LogP contribution in [0.2, 0.25) is 5.02 Å². The summed E-state index contributed by atoms with van der Waals surface area (Å²) in [7, 11) is 0. The number of hydrogen-bond acceptors (Lipinski definition) is 5. The molecule has 1 fully saturated rings. The lowest BCUT2D eigenvalue weighted by molar-refractivity contribution is -0.115. The van der Waals surface area contributed by atoms with Gasteiger partial charge in [-0.15, -0.1) is 10.2 Å². The first-order valence-electron chi connectivity index (χ1n) is 10.7. The van der Waals surface area contributed by atoms with Gasteiger partial charge in [-0.2, -0.15) is 5.10 Å². The van der Waals surface area contributed by atoms with E-state index in [0.717, 1.165) is 29.4 Å². The third kappa shape index (κ3) is 4.65. The number of rotatable bonds is 7. The van der Waals surface area contributed by atoms with E-state index in [4.69, 9.17) is 11.6 Å². The third-order valence-electron chi connectivity index (χ3n) is 5.53. The maximum absolute atomic E-state index is 12.9. The number of nitrogens with zero attached hydrogens (tertiary/aromatic N) is 5. The Hall–Kier alpha value is -2.32. The van der Waals surface area contributed by atoms with Crippen LogP contribution in [-0.2, 0) is 4.79 Å². The third-order valence-corrected chi connectivity index (χ3v) is 6.92. The van der Waals surface area contributed by atoms with E-state index >= 15 is 0 Å². The molecule has 0 bridgehead atoms. The molecule has 1 unspecified atom stereocenters. The van der Waals surface area contributed by atoms with E-state index in [-0.39, 0.29) is 17.2 Å². The molecule has 1 atom stereocenters. The molecular weight excluding hydrogens is 432 g/mol. The number of hydrogen-bond donors (Lipinski definition) is 1. The van der Waals surface area contributed by atoms with E-state index < -0.39 is 0 Å². The smallest absolute Gasteiger partial charge is 0.238 e. The molecule has 0 spiro atoms. The highest BCUT2D eigenvalue weighted by atomic mass is 35.5. The van der Waals surface area contributed by atoms with Crippen LogP contribution in [0, 0.1) is 0 Å². The second-order valence-electron chi connectivity index (χ2n) is 8.10. The molecule has 1 aromatic carbocycles. The van der Waals surface area contributed by atoms with E-state index in [2.05, 4.69) is 25.2 Å². The lowest BCUT2D eigenvalue weighted by Crippen LogP contribution is -2.25. The Bertz CT molecular complexity index is 1060. The summed E-state index contributed by atoms with van der Waals surface area (Å²) in [4.78, 5) is 12.9. The summed E-state index contributed by atoms with van der Waals surface area (Å²) in [6, 6.07) is 9.99. The van der Waals surface area contributed by atoms with Crippen LogP contribution < -0.4 is 5.32 Å². The number of halogens is 1. The number of carbonyl (C=O) groups is 1. The summed E-state index contributed by atoms with van der Waals surface area (Å²) in [5.41, 5.74) is 0.869. The van der Waals surface area contributed by atoms with E-state index in [9.17, 15) is 4.79 Å². The van der Waals surface area contributed by atoms with Gasteiger partial charge in [0.05, 0.1) is 16.5 Å². The van der Waals surface area contributed by atoms with Gasteiger partial charge in [0.1, 0.15) is 5.82 Å². The number of anilines is 1. The van der Waals surface area contributed by atoms with E-state index in [0.29, 0.717) is 16.9 Å². The fraction of sp³-hybridized carbons (Fsp3) is 0.455. The zero-order chi connectivity index (χ0) is 22.0. The van der Waals surface area contributed by atoms with Crippen molar-refractivity contribution in [2.24, 2.45) is 0 Å². The molecule has 3 aromatic rings. The fourth-order valence-corrected chi connectivity index (χ4v) is 5.08. The van der Waals surface area contributed by atoms with E-state index in [1.54, 1.807) is 10.9 Å². The SMILES string of the molecule is CC(Sc1nnc(-c2ccccc2Cl)n1C1CCCC1)C(=O)Nc1ccnn1C(C)C. The Kier molecular flexibility index (Phi) is 6.67. The predicted molar refractivity (Wildman–Crippen MR) is 125 cm³/mol. The lowest BCUT2D eigenvalue weighted by Gasteiger charge is -2.19. The molecule has 7 nitrogen and oxygen atoms in total. The number of carbonyl (C=O) groups excluding carboxylic acids is 1. The van der Waals surface area contributed by atoms with Gasteiger partial charge in [-0.25, -0.2) is 4.68 Å². The van der Waals surface area contributed by atoms with Gasteiger partial charge in [0.2, 0.25) is 5.91 Å². The average molecular weight is 459 g/mol. The Morgan fingerprint density at radius 1 is 1.16 bits per heavy atom. The van der Waals surface area contributed by atoms with Gasteiger partial charge in [-0.05, 0) is 45.7 Å². The highest BCUT2D eigenvalue weighted by Gasteiger charge is 2.28. The molecule has 1 aliphatic rings. The minimum absolute atomic E-state index is 0.0901. The Labute approximate surface area is 191 Å². The summed E-state index contributed by atoms with van der Waals surface area (Å²) in [6.07, 6.45) is 6.22. The van der Waals surface area contributed by atoms with Crippen LogP contribution in [0.25, 0.3) is 11.4 Å². The van der Waals surface area contributed by atoms with Crippen molar-refractivity contribution in [3.05, 3.63) is 41.6 Å². The van der Waals surface area contributed by atoms with Gasteiger partial charge in [0.25, 0.3) is 0 Å². The maximum atomic E-state index is 12.9. The predicted octanol–water partition coefficient (Wildman–Crippen LogP) is 5.61. The minimum Gasteiger partial charge on any atom is -0.310 e. The Morgan fingerprint density at radius 2 is 1.90 bits per heavy atom. The topological polar surface area (TPSA) is 77.6 Å². The van der Waals surface area contributed by atoms with Gasteiger partial charge in [-0.3, -0.25) is 9.36 Å². The standard InChI is InChI=1S/C22H27ClN6OS/c1-14(2)29-19(12-13-24-29)25-21(30)15(3)31-22-27-26-20(17-10-6-7-11-18(17)23)28(22)16-8-4-5-9-16/h6-7,10-16H,4-5,8-9H2,1-3H3,(H,25,30). The van der Waals surface area contributed by atoms with Crippen LogP contribution in [0.15, 0.2) is 41.7 Å². The second kappa shape index (κ2) is 9.44. The number of nitrogens with one attached hydrogen (secondary N) is 1. The average Bonchev–Trinajstić information content (AvgIpc) is 3.48. The summed E-state index contributed by atoms with van der Waals surface area (Å²) in [6.45, 7) is 5.95. The van der Waals surface area contributed by atoms with Crippen molar-refractivity contribution in [2.75, 3.05) is 5.32 Å². The summed E-state index contributed by atoms with van der Waals surface area (Å²) < 4.78 is 3.98. The van der Waals surface area contributed by atoms with Crippen LogP contribution in [-0.4, -0.2) is 35.7 Å². The van der Waals surface area contributed by atoms with Crippen LogP contribution in [0.5, 0.6) is 0 Å². The van der Waals surface area contributed by atoms with E-state index in [1.165, 1.54) is 24.6 Å². The highest BCUT2D eigenvalue weighted by molar-refractivity contribution is 8.00. The van der Waals surface area contributed by atoms with Crippen molar-refractivity contribution in [1.29, 1.82) is 0 Å². The monoisotopic (exact) mass is 458 g/mol. The van der Waals surface area contributed by atoms with Crippen LogP contribution in [0.3, 0.4) is 0 Å². The van der Waals surface area contributed by atoms with Gasteiger partial charge in [0.15, 0.2) is 11.0 Å². The Morgan fingerprint density at radius 3 is 2.61 bits per heavy atom. The largest absolute Gasteiger partial charge is 0.310 e. The number of amides is 1. The molecule has 1 amide bonds. The molecule has 0 saturated heterocycles. The van der Waals surface area contributed by atoms with Crippen molar-refractivity contribution < 1.29 is 4.79 Å². The second-order valence-corrected chi connectivity index (χ2v) is 9.81. The minimum atomic E-state index is -0.348. The van der Waals surface area contributed by atoms with Gasteiger partial charge >= 0.3 is 0 Å². The molecule has 31 heavy (non-hydrogen) atoms. The van der Waals surface area contributed by atoms with Gasteiger partial charge in [-0.1, -0.05) is 48.3 Å². The van der Waals surface area contributed by atoms with Gasteiger partial charge < -0.3 is 5.32 Å². The quantitative estimate of drug-likeness (QED) is 0.465. The zero-order valence-corrected chi connectivity index (χ0v) is 19.5. The maximum Gasteiger partial charge on any atom is 0.238 e. The fourth-order valence-electron chi connectivity index (χ4n) is 3.94. The molecule has 1 N–H and O–H groups in total. The molecular formula is C22H27ClN6OS. The van der Waals surface area contributed by atoms with Crippen molar-refractivity contribution in [3.63, 3.8) is 0 Å². The first-order valence-corrected chi connectivity index (χ1v) is 11.9. The first kappa shape index (κ1) is 21.9. The number of aromatic nitrogens is 5. The van der Waals surface area contributed by atoms with Crippen LogP contribution in [0.4, 0.5) is 5.82 Å². The summed E-state index contributed by atoms with van der Waals surface area (Å²) in [5.74, 6) is 1.37. The number of benzene rings is 1. The van der Waals surface area contributed by atoms with Gasteiger partial charge in [0, 0.05) is 23.7 Å². The normalized spacial score (nSPS) is 15.5. The molecule has 0 aliphatic heterocycles. The summed E-state index contributed by atoms with van der Waals surface area (Å²) >= 11 is 7.89. The first-order chi connectivity index (χ1) is 15.0. The molecule has 1 aliphatic carbocycles. The summed E-state index contributed by atoms with van der Waals surface area (Å²) in [5, 5.41) is 17.3. The van der Waals surface area contributed by atoms with Crippen molar-refractivity contribution in [3.8, 4) is 11.4 Å². The van der Waals surface area contributed by atoms with Crippen molar-refractivity contribution >= 4 is 35.1 Å². The Balaban J connectivity index is 1.58. The molecule has 2 heterocycles. The molecule has 9 heteroatoms. The molecule has 164 valence electrons.